The van der Waals surface area contributed by atoms with Gasteiger partial charge in [-0.1, -0.05) is 91.0 Å². The molecule has 0 aliphatic rings. The van der Waals surface area contributed by atoms with Crippen molar-refractivity contribution < 1.29 is 0 Å². The highest BCUT2D eigenvalue weighted by atomic mass is 15.2. The normalized spacial score (nSPS) is 12.0. The zero-order valence-corrected chi connectivity index (χ0v) is 32.1. The van der Waals surface area contributed by atoms with Gasteiger partial charge in [-0.2, -0.15) is 0 Å². The molecule has 9 nitrogen and oxygen atoms in total. The van der Waals surface area contributed by atoms with Gasteiger partial charge in [0.2, 0.25) is 0 Å². The molecule has 0 atom stereocenters. The van der Waals surface area contributed by atoms with Crippen LogP contribution in [0, 0.1) is 0 Å². The standard InChI is InChI=1S/C51H33N9/c1-5-16-34(17-6-1)55-38-24-13-14-25-39(38)59-44-32-45-50(54-49(44)57(36-20-9-3-10-21-36)42-27-15-26-41(55)47(42)59)58(37-22-11-4-12-23-37)51-48-43(29-31-53-51)56(35-18-7-2-8-19-35)40-28-30-52-33-46(40)60(45)48/h1-33H. The summed E-state index contributed by atoms with van der Waals surface area (Å²) in [6.07, 6.45) is 5.74. The average molecular weight is 772 g/mol. The van der Waals surface area contributed by atoms with Crippen LogP contribution in [-0.2, 0) is 0 Å². The fourth-order valence-electron chi connectivity index (χ4n) is 9.40. The predicted molar refractivity (Wildman–Crippen MR) is 242 cm³/mol. The third-order valence-electron chi connectivity index (χ3n) is 11.8. The molecule has 9 heteroatoms. The van der Waals surface area contributed by atoms with E-state index in [0.29, 0.717) is 0 Å². The second-order valence-corrected chi connectivity index (χ2v) is 15.0. The molecular weight excluding hydrogens is 739 g/mol. The first-order valence-electron chi connectivity index (χ1n) is 20.0. The van der Waals surface area contributed by atoms with Crippen molar-refractivity contribution in [1.82, 2.24) is 42.0 Å². The quantitative estimate of drug-likeness (QED) is 0.132. The number of hydrogen-bond acceptors (Lipinski definition) is 3. The summed E-state index contributed by atoms with van der Waals surface area (Å²) in [4.78, 5) is 15.8. The van der Waals surface area contributed by atoms with E-state index in [-0.39, 0.29) is 0 Å². The zero-order valence-electron chi connectivity index (χ0n) is 32.1. The zero-order chi connectivity index (χ0) is 39.3. The summed E-state index contributed by atoms with van der Waals surface area (Å²) in [5.41, 5.74) is 17.6. The molecule has 0 unspecified atom stereocenters. The molecule has 0 spiro atoms. The molecule has 0 saturated heterocycles. The van der Waals surface area contributed by atoms with E-state index < -0.39 is 0 Å². The Morgan fingerprint density at radius 3 is 1.38 bits per heavy atom. The van der Waals surface area contributed by atoms with Crippen molar-refractivity contribution in [2.75, 3.05) is 0 Å². The van der Waals surface area contributed by atoms with Gasteiger partial charge in [0.15, 0.2) is 16.9 Å². The van der Waals surface area contributed by atoms with Crippen LogP contribution < -0.4 is 0 Å². The molecule has 0 bridgehead atoms. The van der Waals surface area contributed by atoms with Gasteiger partial charge < -0.3 is 13.5 Å². The van der Waals surface area contributed by atoms with E-state index in [1.165, 1.54) is 0 Å². The summed E-state index contributed by atoms with van der Waals surface area (Å²) in [5, 5.41) is 0. The summed E-state index contributed by atoms with van der Waals surface area (Å²) in [6, 6.07) is 64.0. The molecule has 60 heavy (non-hydrogen) atoms. The monoisotopic (exact) mass is 771 g/mol. The fraction of sp³-hybridized carbons (Fsp3) is 0. The molecule has 0 amide bonds. The van der Waals surface area contributed by atoms with Crippen LogP contribution in [-0.4, -0.2) is 42.0 Å². The highest BCUT2D eigenvalue weighted by Crippen LogP contribution is 2.39. The van der Waals surface area contributed by atoms with Crippen molar-refractivity contribution in [2.24, 2.45) is 0 Å². The van der Waals surface area contributed by atoms with Gasteiger partial charge in [-0.25, -0.2) is 9.97 Å². The average Bonchev–Trinajstić information content (AvgIpc) is 3.32. The second-order valence-electron chi connectivity index (χ2n) is 15.0. The van der Waals surface area contributed by atoms with E-state index in [9.17, 15) is 0 Å². The lowest BCUT2D eigenvalue weighted by molar-refractivity contribution is 1.03. The summed E-state index contributed by atoms with van der Waals surface area (Å²) in [7, 11) is 0. The van der Waals surface area contributed by atoms with Gasteiger partial charge in [-0.05, 0) is 91.0 Å². The topological polar surface area (TPSA) is 67.2 Å². The van der Waals surface area contributed by atoms with E-state index in [1.807, 2.05) is 24.7 Å². The predicted octanol–water partition coefficient (Wildman–Crippen LogP) is 11.6. The molecule has 282 valence electrons. The van der Waals surface area contributed by atoms with Gasteiger partial charge >= 0.3 is 0 Å². The Morgan fingerprint density at radius 1 is 0.300 bits per heavy atom. The SMILES string of the molecule is c1ccc(-n2c3ccccc3n3c4cc5c(nc4n(-c4ccccc4)c4cccc2c43)n(-c2ccccc2)c2nccc3c2n5c2cnccc2n3-c2ccccc2)cc1. The van der Waals surface area contributed by atoms with Crippen molar-refractivity contribution in [3.8, 4) is 22.7 Å². The Labute approximate surface area is 341 Å². The summed E-state index contributed by atoms with van der Waals surface area (Å²) >= 11 is 0. The number of rotatable bonds is 4. The maximum Gasteiger partial charge on any atom is 0.165 e. The van der Waals surface area contributed by atoms with Gasteiger partial charge in [0.05, 0.1) is 61.4 Å². The van der Waals surface area contributed by atoms with Crippen molar-refractivity contribution in [2.45, 2.75) is 0 Å². The van der Waals surface area contributed by atoms with Gasteiger partial charge in [0, 0.05) is 35.1 Å². The van der Waals surface area contributed by atoms with Crippen LogP contribution in [0.1, 0.15) is 0 Å². The first-order chi connectivity index (χ1) is 29.8. The lowest BCUT2D eigenvalue weighted by atomic mass is 10.1. The molecule has 0 aliphatic heterocycles. The largest absolute Gasteiger partial charge is 0.306 e. The highest BCUT2D eigenvalue weighted by Gasteiger charge is 2.25. The summed E-state index contributed by atoms with van der Waals surface area (Å²) < 4.78 is 14.0. The first-order valence-corrected chi connectivity index (χ1v) is 20.0. The minimum absolute atomic E-state index is 0.761. The van der Waals surface area contributed by atoms with Crippen LogP contribution in [0.5, 0.6) is 0 Å². The number of aromatic nitrogens is 9. The Morgan fingerprint density at radius 2 is 0.750 bits per heavy atom. The van der Waals surface area contributed by atoms with Crippen LogP contribution in [0.25, 0.3) is 100 Å². The van der Waals surface area contributed by atoms with Crippen LogP contribution in [0.15, 0.2) is 201 Å². The maximum atomic E-state index is 5.85. The number of hydrogen-bond donors (Lipinski definition) is 0. The Kier molecular flexibility index (Phi) is 6.82. The van der Waals surface area contributed by atoms with E-state index >= 15 is 0 Å². The molecule has 7 heterocycles. The van der Waals surface area contributed by atoms with E-state index in [4.69, 9.17) is 15.0 Å². The third kappa shape index (κ3) is 4.48. The summed E-state index contributed by atoms with van der Waals surface area (Å²) in [6.45, 7) is 0. The summed E-state index contributed by atoms with van der Waals surface area (Å²) in [5.74, 6) is 0. The lowest BCUT2D eigenvalue weighted by Crippen LogP contribution is -2.15. The molecule has 0 aliphatic carbocycles. The van der Waals surface area contributed by atoms with Crippen LogP contribution >= 0.6 is 0 Å². The second kappa shape index (κ2) is 12.5. The van der Waals surface area contributed by atoms with Gasteiger partial charge in [-0.3, -0.25) is 18.5 Å². The van der Waals surface area contributed by atoms with Crippen LogP contribution in [0.4, 0.5) is 0 Å². The van der Waals surface area contributed by atoms with Crippen LogP contribution in [0.2, 0.25) is 0 Å². The fourth-order valence-corrected chi connectivity index (χ4v) is 9.40. The van der Waals surface area contributed by atoms with Gasteiger partial charge in [0.1, 0.15) is 5.52 Å². The number of pyridine rings is 3. The molecule has 13 aromatic rings. The number of benzene rings is 6. The number of nitrogens with zero attached hydrogens (tertiary/aromatic N) is 9. The van der Waals surface area contributed by atoms with Crippen molar-refractivity contribution in [3.05, 3.63) is 201 Å². The first kappa shape index (κ1) is 32.6. The minimum atomic E-state index is 0.761. The van der Waals surface area contributed by atoms with Crippen molar-refractivity contribution in [1.29, 1.82) is 0 Å². The third-order valence-corrected chi connectivity index (χ3v) is 11.8. The molecule has 0 N–H and O–H groups in total. The van der Waals surface area contributed by atoms with Crippen molar-refractivity contribution in [3.63, 3.8) is 0 Å². The van der Waals surface area contributed by atoms with Gasteiger partial charge in [0.25, 0.3) is 0 Å². The van der Waals surface area contributed by atoms with Crippen molar-refractivity contribution >= 4 is 77.6 Å². The molecule has 0 saturated carbocycles. The van der Waals surface area contributed by atoms with Crippen LogP contribution in [0.3, 0.4) is 0 Å². The number of para-hydroxylation sites is 7. The Hall–Kier alpha value is -8.43. The van der Waals surface area contributed by atoms with E-state index in [2.05, 4.69) is 203 Å². The minimum Gasteiger partial charge on any atom is -0.306 e. The molecule has 6 aromatic carbocycles. The molecular formula is C51H33N9. The number of fused-ring (bicyclic) bond motifs is 8. The smallest absolute Gasteiger partial charge is 0.165 e. The van der Waals surface area contributed by atoms with E-state index in [0.717, 1.165) is 100 Å². The Balaban J connectivity index is 1.34. The van der Waals surface area contributed by atoms with E-state index in [1.54, 1.807) is 0 Å². The molecule has 0 radical (unpaired) electrons. The molecule has 0 fully saturated rings. The highest BCUT2D eigenvalue weighted by molar-refractivity contribution is 6.08. The lowest BCUT2D eigenvalue weighted by Gasteiger charge is -2.26. The molecule has 7 aromatic heterocycles. The Bertz CT molecular complexity index is 3610. The van der Waals surface area contributed by atoms with Gasteiger partial charge in [-0.15, -0.1) is 0 Å². The molecule has 13 rings (SSSR count). The maximum absolute atomic E-state index is 5.85.